The number of hydrogen-bond acceptors (Lipinski definition) is 4. The minimum Gasteiger partial charge on any atom is -0.317 e. The van der Waals surface area contributed by atoms with Gasteiger partial charge in [0.15, 0.2) is 0 Å². The zero-order valence-corrected chi connectivity index (χ0v) is 16.6. The molecule has 0 saturated heterocycles. The molecule has 0 unspecified atom stereocenters. The summed E-state index contributed by atoms with van der Waals surface area (Å²) < 4.78 is 0. The van der Waals surface area contributed by atoms with Gasteiger partial charge in [-0.3, -0.25) is 0 Å². The first-order valence-corrected chi connectivity index (χ1v) is 9.99. The Morgan fingerprint density at radius 2 is 1.30 bits per heavy atom. The number of rotatable bonds is 16. The third-order valence-electron chi connectivity index (χ3n) is 3.75. The molecular formula is C19H44N4. The van der Waals surface area contributed by atoms with Crippen LogP contribution in [0.3, 0.4) is 0 Å². The molecule has 23 heavy (non-hydrogen) atoms. The summed E-state index contributed by atoms with van der Waals surface area (Å²) in [5.41, 5.74) is 7.23. The van der Waals surface area contributed by atoms with E-state index < -0.39 is 0 Å². The Labute approximate surface area is 146 Å². The van der Waals surface area contributed by atoms with Crippen LogP contribution in [0.2, 0.25) is 0 Å². The first-order chi connectivity index (χ1) is 11.0. The molecule has 0 aromatic carbocycles. The van der Waals surface area contributed by atoms with Crippen LogP contribution in [-0.2, 0) is 0 Å². The molecule has 0 atom stereocenters. The molecule has 0 bridgehead atoms. The molecule has 0 amide bonds. The minimum absolute atomic E-state index is 0.112. The first kappa shape index (κ1) is 22.8. The van der Waals surface area contributed by atoms with Crippen molar-refractivity contribution in [1.82, 2.24) is 21.3 Å². The lowest BCUT2D eigenvalue weighted by Gasteiger charge is -2.32. The Hall–Kier alpha value is -0.160. The van der Waals surface area contributed by atoms with E-state index in [1.807, 2.05) is 0 Å². The molecule has 4 heteroatoms. The van der Waals surface area contributed by atoms with E-state index in [0.29, 0.717) is 0 Å². The minimum atomic E-state index is 0.112. The highest BCUT2D eigenvalue weighted by atomic mass is 15.7. The average Bonchev–Trinajstić information content (AvgIpc) is 2.48. The van der Waals surface area contributed by atoms with E-state index >= 15 is 0 Å². The van der Waals surface area contributed by atoms with Crippen LogP contribution in [0.1, 0.15) is 92.4 Å². The molecule has 0 aliphatic heterocycles. The number of nitrogens with one attached hydrogen (secondary N) is 3. The van der Waals surface area contributed by atoms with E-state index in [1.54, 1.807) is 0 Å². The molecular weight excluding hydrogens is 284 g/mol. The summed E-state index contributed by atoms with van der Waals surface area (Å²) in [7, 11) is 0. The quantitative estimate of drug-likeness (QED) is 0.293. The Kier molecular flexibility index (Phi) is 15.3. The second-order valence-electron chi connectivity index (χ2n) is 7.65. The fourth-order valence-electron chi connectivity index (χ4n) is 2.47. The monoisotopic (exact) mass is 328 g/mol. The van der Waals surface area contributed by atoms with Gasteiger partial charge in [0.1, 0.15) is 0 Å². The highest BCUT2D eigenvalue weighted by molar-refractivity contribution is 4.68. The highest BCUT2D eigenvalue weighted by Gasteiger charge is 2.14. The SMILES string of the molecule is CCCCCNN(CCCCCCNCCCC)NC(C)(C)C. The van der Waals surface area contributed by atoms with E-state index in [-0.39, 0.29) is 5.54 Å². The van der Waals surface area contributed by atoms with E-state index in [4.69, 9.17) is 0 Å². The number of unbranched alkanes of at least 4 members (excludes halogenated alkanes) is 6. The summed E-state index contributed by atoms with van der Waals surface area (Å²) in [6.07, 6.45) is 11.6. The molecule has 0 radical (unpaired) electrons. The van der Waals surface area contributed by atoms with Gasteiger partial charge >= 0.3 is 0 Å². The Morgan fingerprint density at radius 3 is 1.96 bits per heavy atom. The largest absolute Gasteiger partial charge is 0.317 e. The van der Waals surface area contributed by atoms with Crippen molar-refractivity contribution < 1.29 is 0 Å². The zero-order chi connectivity index (χ0) is 17.4. The predicted octanol–water partition coefficient (Wildman–Crippen LogP) is 4.24. The van der Waals surface area contributed by atoms with Crippen molar-refractivity contribution in [3.8, 4) is 0 Å². The van der Waals surface area contributed by atoms with Crippen LogP contribution in [0.15, 0.2) is 0 Å². The molecule has 0 saturated carbocycles. The third kappa shape index (κ3) is 18.0. The summed E-state index contributed by atoms with van der Waals surface area (Å²) in [6.45, 7) is 15.7. The van der Waals surface area contributed by atoms with Crippen molar-refractivity contribution in [2.45, 2.75) is 97.9 Å². The Bertz CT molecular complexity index is 238. The zero-order valence-electron chi connectivity index (χ0n) is 16.6. The van der Waals surface area contributed by atoms with Crippen molar-refractivity contribution in [2.24, 2.45) is 0 Å². The van der Waals surface area contributed by atoms with Crippen LogP contribution in [0.5, 0.6) is 0 Å². The van der Waals surface area contributed by atoms with Crippen molar-refractivity contribution in [3.63, 3.8) is 0 Å². The molecule has 140 valence electrons. The lowest BCUT2D eigenvalue weighted by atomic mass is 10.1. The van der Waals surface area contributed by atoms with Gasteiger partial charge in [-0.15, -0.1) is 0 Å². The summed E-state index contributed by atoms with van der Waals surface area (Å²) in [5, 5.41) is 5.74. The molecule has 0 spiro atoms. The van der Waals surface area contributed by atoms with Gasteiger partial charge in [-0.1, -0.05) is 46.0 Å². The van der Waals surface area contributed by atoms with Gasteiger partial charge in [-0.25, -0.2) is 10.9 Å². The predicted molar refractivity (Wildman–Crippen MR) is 103 cm³/mol. The van der Waals surface area contributed by atoms with Gasteiger partial charge in [0.2, 0.25) is 0 Å². The van der Waals surface area contributed by atoms with E-state index in [0.717, 1.165) is 13.1 Å². The van der Waals surface area contributed by atoms with Crippen LogP contribution in [0.4, 0.5) is 0 Å². The van der Waals surface area contributed by atoms with Crippen LogP contribution in [0.25, 0.3) is 0 Å². The van der Waals surface area contributed by atoms with Crippen LogP contribution >= 0.6 is 0 Å². The topological polar surface area (TPSA) is 39.3 Å². The lowest BCUT2D eigenvalue weighted by molar-refractivity contribution is 0.0650. The lowest BCUT2D eigenvalue weighted by Crippen LogP contribution is -2.56. The summed E-state index contributed by atoms with van der Waals surface area (Å²) in [5.74, 6) is 0. The van der Waals surface area contributed by atoms with Crippen molar-refractivity contribution in [3.05, 3.63) is 0 Å². The number of hydrazine groups is 2. The fraction of sp³-hybridized carbons (Fsp3) is 1.00. The molecule has 0 aliphatic rings. The summed E-state index contributed by atoms with van der Waals surface area (Å²) in [6, 6.07) is 0. The summed E-state index contributed by atoms with van der Waals surface area (Å²) >= 11 is 0. The standard InChI is InChI=1S/C19H44N4/c1-6-8-12-17-21-23(22-19(3,4)5)18-14-11-10-13-16-20-15-9-7-2/h20-22H,6-18H2,1-5H3. The molecule has 4 nitrogen and oxygen atoms in total. The Balaban J connectivity index is 3.69. The third-order valence-corrected chi connectivity index (χ3v) is 3.75. The molecule has 0 rings (SSSR count). The van der Waals surface area contributed by atoms with Crippen molar-refractivity contribution in [1.29, 1.82) is 0 Å². The smallest absolute Gasteiger partial charge is 0.0288 e. The fourth-order valence-corrected chi connectivity index (χ4v) is 2.47. The first-order valence-electron chi connectivity index (χ1n) is 9.99. The normalized spacial score (nSPS) is 12.3. The van der Waals surface area contributed by atoms with Crippen LogP contribution in [-0.4, -0.2) is 36.8 Å². The molecule has 0 aromatic rings. The maximum Gasteiger partial charge on any atom is 0.0288 e. The second kappa shape index (κ2) is 15.4. The van der Waals surface area contributed by atoms with Crippen molar-refractivity contribution in [2.75, 3.05) is 26.2 Å². The second-order valence-corrected chi connectivity index (χ2v) is 7.65. The highest BCUT2D eigenvalue weighted by Crippen LogP contribution is 2.04. The Morgan fingerprint density at radius 1 is 0.696 bits per heavy atom. The number of hydrogen-bond donors (Lipinski definition) is 3. The van der Waals surface area contributed by atoms with Gasteiger partial charge in [-0.05, 0) is 59.5 Å². The van der Waals surface area contributed by atoms with Gasteiger partial charge in [0.25, 0.3) is 0 Å². The van der Waals surface area contributed by atoms with Crippen molar-refractivity contribution >= 4 is 0 Å². The van der Waals surface area contributed by atoms with Crippen LogP contribution in [0, 0.1) is 0 Å². The summed E-state index contributed by atoms with van der Waals surface area (Å²) in [4.78, 5) is 0. The van der Waals surface area contributed by atoms with Gasteiger partial charge < -0.3 is 5.32 Å². The maximum atomic E-state index is 3.57. The molecule has 0 fully saturated rings. The van der Waals surface area contributed by atoms with Crippen LogP contribution < -0.4 is 16.2 Å². The van der Waals surface area contributed by atoms with E-state index in [1.165, 1.54) is 70.9 Å². The molecule has 3 N–H and O–H groups in total. The molecule has 0 heterocycles. The van der Waals surface area contributed by atoms with E-state index in [9.17, 15) is 0 Å². The average molecular weight is 329 g/mol. The van der Waals surface area contributed by atoms with Gasteiger partial charge in [0, 0.05) is 18.6 Å². The number of nitrogens with zero attached hydrogens (tertiary/aromatic N) is 1. The van der Waals surface area contributed by atoms with Gasteiger partial charge in [-0.2, -0.15) is 5.12 Å². The molecule has 0 aliphatic carbocycles. The maximum absolute atomic E-state index is 3.57. The van der Waals surface area contributed by atoms with E-state index in [2.05, 4.69) is 55.9 Å². The molecule has 0 aromatic heterocycles. The van der Waals surface area contributed by atoms with Gasteiger partial charge in [0.05, 0.1) is 0 Å².